The smallest absolute Gasteiger partial charge is 0.318 e. The molecule has 0 unspecified atom stereocenters. The second kappa shape index (κ2) is 11.9. The maximum atomic E-state index is 13.4. The molecule has 0 spiro atoms. The van der Waals surface area contributed by atoms with E-state index in [2.05, 4.69) is 5.32 Å². The molecule has 8 heteroatoms. The van der Waals surface area contributed by atoms with Gasteiger partial charge in [0.25, 0.3) is 0 Å². The Morgan fingerprint density at radius 2 is 1.79 bits per heavy atom. The molecular weight excluding hydrogens is 438 g/mol. The molecule has 0 saturated carbocycles. The van der Waals surface area contributed by atoms with Gasteiger partial charge in [0, 0.05) is 23.0 Å². The van der Waals surface area contributed by atoms with Crippen molar-refractivity contribution in [1.29, 1.82) is 0 Å². The van der Waals surface area contributed by atoms with Crippen LogP contribution in [0.3, 0.4) is 0 Å². The quantitative estimate of drug-likeness (QED) is 0.547. The first-order chi connectivity index (χ1) is 15.5. The van der Waals surface area contributed by atoms with Crippen LogP contribution in [0, 0.1) is 0 Å². The zero-order valence-electron chi connectivity index (χ0n) is 20.8. The van der Waals surface area contributed by atoms with Gasteiger partial charge in [0.2, 0.25) is 5.91 Å². The van der Waals surface area contributed by atoms with Gasteiger partial charge in [0.1, 0.15) is 6.54 Å². The van der Waals surface area contributed by atoms with E-state index < -0.39 is 0 Å². The van der Waals surface area contributed by atoms with Crippen LogP contribution in [0.25, 0.3) is 0 Å². The number of urea groups is 1. The van der Waals surface area contributed by atoms with Crippen molar-refractivity contribution in [2.24, 2.45) is 0 Å². The van der Waals surface area contributed by atoms with Gasteiger partial charge in [-0.3, -0.25) is 4.79 Å². The highest BCUT2D eigenvalue weighted by atomic mass is 32.1. The van der Waals surface area contributed by atoms with E-state index >= 15 is 0 Å². The van der Waals surface area contributed by atoms with E-state index in [4.69, 9.17) is 9.47 Å². The summed E-state index contributed by atoms with van der Waals surface area (Å²) < 4.78 is 10.7. The number of ether oxygens (including phenoxy) is 2. The molecule has 1 N–H and O–H groups in total. The highest BCUT2D eigenvalue weighted by Crippen LogP contribution is 2.28. The molecule has 0 atom stereocenters. The molecular formula is C25H37N3O4S. The number of hydrogen-bond acceptors (Lipinski definition) is 5. The molecule has 3 amide bonds. The predicted octanol–water partition coefficient (Wildman–Crippen LogP) is 4.56. The largest absolute Gasteiger partial charge is 0.493 e. The van der Waals surface area contributed by atoms with E-state index in [1.54, 1.807) is 30.5 Å². The van der Waals surface area contributed by atoms with E-state index in [-0.39, 0.29) is 30.1 Å². The Labute approximate surface area is 201 Å². The van der Waals surface area contributed by atoms with Crippen LogP contribution in [0.1, 0.15) is 45.1 Å². The Morgan fingerprint density at radius 3 is 2.33 bits per heavy atom. The first kappa shape index (κ1) is 26.5. The number of benzene rings is 1. The van der Waals surface area contributed by atoms with Crippen molar-refractivity contribution in [2.45, 2.75) is 59.2 Å². The summed E-state index contributed by atoms with van der Waals surface area (Å²) in [7, 11) is 3.21. The summed E-state index contributed by atoms with van der Waals surface area (Å²) in [6, 6.07) is 9.45. The average Bonchev–Trinajstić information content (AvgIpc) is 3.26. The molecule has 7 nitrogen and oxygen atoms in total. The topological polar surface area (TPSA) is 71.1 Å². The number of methoxy groups -OCH3 is 2. The minimum atomic E-state index is -0.378. The molecule has 0 aliphatic rings. The minimum absolute atomic E-state index is 0.0247. The Balaban J connectivity index is 2.16. The van der Waals surface area contributed by atoms with E-state index in [0.29, 0.717) is 31.0 Å². The van der Waals surface area contributed by atoms with Crippen LogP contribution in [-0.4, -0.2) is 60.6 Å². The number of nitrogens with zero attached hydrogens (tertiary/aromatic N) is 2. The summed E-state index contributed by atoms with van der Waals surface area (Å²) in [6.45, 7) is 10.7. The zero-order chi connectivity index (χ0) is 24.6. The summed E-state index contributed by atoms with van der Waals surface area (Å²) >= 11 is 1.62. The Kier molecular flexibility index (Phi) is 9.58. The standard InChI is InChI=1S/C25H37N3O4S/c1-18(2)28(24(30)26-25(3,4)5)17-23(29)27(16-20-9-8-14-33-20)13-12-19-10-11-21(31-6)22(15-19)32-7/h8-11,14-15,18H,12-13,16-17H2,1-7H3,(H,26,30). The molecule has 2 aromatic rings. The van der Waals surface area contributed by atoms with Gasteiger partial charge in [-0.2, -0.15) is 0 Å². The van der Waals surface area contributed by atoms with Gasteiger partial charge in [0.15, 0.2) is 11.5 Å². The number of nitrogens with one attached hydrogen (secondary N) is 1. The fourth-order valence-electron chi connectivity index (χ4n) is 3.31. The van der Waals surface area contributed by atoms with E-state index in [0.717, 1.165) is 10.4 Å². The molecule has 0 saturated heterocycles. The van der Waals surface area contributed by atoms with Gasteiger partial charge < -0.3 is 24.6 Å². The van der Waals surface area contributed by atoms with Crippen LogP contribution in [0.15, 0.2) is 35.7 Å². The van der Waals surface area contributed by atoms with Crippen molar-refractivity contribution < 1.29 is 19.1 Å². The molecule has 2 rings (SSSR count). The zero-order valence-corrected chi connectivity index (χ0v) is 21.6. The van der Waals surface area contributed by atoms with Crippen LogP contribution < -0.4 is 14.8 Å². The van der Waals surface area contributed by atoms with E-state index in [1.807, 2.05) is 75.2 Å². The second-order valence-corrected chi connectivity index (χ2v) is 10.3. The predicted molar refractivity (Wildman–Crippen MR) is 133 cm³/mol. The van der Waals surface area contributed by atoms with Gasteiger partial charge in [-0.25, -0.2) is 4.79 Å². The molecule has 33 heavy (non-hydrogen) atoms. The van der Waals surface area contributed by atoms with Crippen molar-refractivity contribution >= 4 is 23.3 Å². The van der Waals surface area contributed by atoms with Crippen molar-refractivity contribution in [1.82, 2.24) is 15.1 Å². The maximum Gasteiger partial charge on any atom is 0.318 e. The lowest BCUT2D eigenvalue weighted by Crippen LogP contribution is -2.53. The molecule has 0 aliphatic carbocycles. The normalized spacial score (nSPS) is 11.3. The van der Waals surface area contributed by atoms with Crippen LogP contribution in [0.5, 0.6) is 11.5 Å². The third kappa shape index (κ3) is 8.28. The number of hydrogen-bond donors (Lipinski definition) is 1. The molecule has 1 heterocycles. The molecule has 0 radical (unpaired) electrons. The third-order valence-corrected chi connectivity index (χ3v) is 5.93. The molecule has 1 aromatic carbocycles. The van der Waals surface area contributed by atoms with Crippen LogP contribution in [0.4, 0.5) is 4.79 Å². The van der Waals surface area contributed by atoms with E-state index in [1.165, 1.54) is 0 Å². The van der Waals surface area contributed by atoms with Gasteiger partial charge in [-0.1, -0.05) is 12.1 Å². The first-order valence-electron chi connectivity index (χ1n) is 11.1. The van der Waals surface area contributed by atoms with Crippen molar-refractivity contribution in [3.8, 4) is 11.5 Å². The molecule has 0 fully saturated rings. The van der Waals surface area contributed by atoms with Crippen LogP contribution in [-0.2, 0) is 17.8 Å². The van der Waals surface area contributed by atoms with Gasteiger partial charge >= 0.3 is 6.03 Å². The van der Waals surface area contributed by atoms with E-state index in [9.17, 15) is 9.59 Å². The number of rotatable bonds is 10. The van der Waals surface area contributed by atoms with Gasteiger partial charge in [0.05, 0.1) is 20.8 Å². The van der Waals surface area contributed by atoms with Crippen LogP contribution in [0.2, 0.25) is 0 Å². The summed E-state index contributed by atoms with van der Waals surface area (Å²) in [5, 5.41) is 4.97. The Morgan fingerprint density at radius 1 is 1.09 bits per heavy atom. The second-order valence-electron chi connectivity index (χ2n) is 9.24. The number of carbonyl (C=O) groups excluding carboxylic acids is 2. The molecule has 182 valence electrons. The number of carbonyl (C=O) groups is 2. The molecule has 1 aromatic heterocycles. The first-order valence-corrected chi connectivity index (χ1v) is 12.0. The van der Waals surface area contributed by atoms with Crippen LogP contribution >= 0.6 is 11.3 Å². The van der Waals surface area contributed by atoms with Gasteiger partial charge in [-0.05, 0) is 70.2 Å². The maximum absolute atomic E-state index is 13.4. The third-order valence-electron chi connectivity index (χ3n) is 5.07. The minimum Gasteiger partial charge on any atom is -0.493 e. The summed E-state index contributed by atoms with van der Waals surface area (Å²) in [6.07, 6.45) is 0.660. The lowest BCUT2D eigenvalue weighted by Gasteiger charge is -2.32. The molecule has 0 bridgehead atoms. The number of thiophene rings is 1. The fraction of sp³-hybridized carbons (Fsp3) is 0.520. The fourth-order valence-corrected chi connectivity index (χ4v) is 4.03. The highest BCUT2D eigenvalue weighted by molar-refractivity contribution is 7.09. The van der Waals surface area contributed by atoms with Crippen molar-refractivity contribution in [3.05, 3.63) is 46.2 Å². The lowest BCUT2D eigenvalue weighted by molar-refractivity contribution is -0.132. The van der Waals surface area contributed by atoms with Gasteiger partial charge in [-0.15, -0.1) is 11.3 Å². The Bertz CT molecular complexity index is 907. The highest BCUT2D eigenvalue weighted by Gasteiger charge is 2.26. The number of amides is 3. The molecule has 0 aliphatic heterocycles. The monoisotopic (exact) mass is 475 g/mol. The SMILES string of the molecule is COc1ccc(CCN(Cc2cccs2)C(=O)CN(C(=O)NC(C)(C)C)C(C)C)cc1OC. The average molecular weight is 476 g/mol. The Hall–Kier alpha value is -2.74. The van der Waals surface area contributed by atoms with Crippen molar-refractivity contribution in [2.75, 3.05) is 27.3 Å². The summed E-state index contributed by atoms with van der Waals surface area (Å²) in [5.74, 6) is 1.25. The van der Waals surface area contributed by atoms with Crippen molar-refractivity contribution in [3.63, 3.8) is 0 Å². The summed E-state index contributed by atoms with van der Waals surface area (Å²) in [5.41, 5.74) is 0.667. The lowest BCUT2D eigenvalue weighted by atomic mass is 10.1. The summed E-state index contributed by atoms with van der Waals surface area (Å²) in [4.78, 5) is 30.7.